The van der Waals surface area contributed by atoms with Crippen molar-refractivity contribution in [2.45, 2.75) is 32.4 Å². The van der Waals surface area contributed by atoms with Crippen LogP contribution in [0.4, 0.5) is 0 Å². The second kappa shape index (κ2) is 7.09. The van der Waals surface area contributed by atoms with Gasteiger partial charge in [-0.15, -0.1) is 10.2 Å². The van der Waals surface area contributed by atoms with E-state index >= 15 is 0 Å². The van der Waals surface area contributed by atoms with Crippen LogP contribution in [0.15, 0.2) is 27.8 Å². The average Bonchev–Trinajstić information content (AvgIpc) is 3.16. The van der Waals surface area contributed by atoms with E-state index in [-0.39, 0.29) is 11.7 Å². The Labute approximate surface area is 144 Å². The molecule has 0 fully saturated rings. The molecule has 1 aromatic carbocycles. The number of aromatic amines is 1. The van der Waals surface area contributed by atoms with Gasteiger partial charge in [0.25, 0.3) is 5.22 Å². The molecule has 3 aromatic rings. The first kappa shape index (κ1) is 16.6. The Morgan fingerprint density at radius 1 is 1.33 bits per heavy atom. The molecular weight excluding hydrogens is 324 g/mol. The monoisotopic (exact) mass is 344 g/mol. The molecule has 126 valence electrons. The van der Waals surface area contributed by atoms with Crippen LogP contribution in [0.3, 0.4) is 0 Å². The number of rotatable bonds is 6. The number of nitrogens with one attached hydrogen (secondary N) is 2. The quantitative estimate of drug-likeness (QED) is 0.669. The number of aryl methyl sites for hydroxylation is 2. The zero-order chi connectivity index (χ0) is 17.1. The number of carbonyl (C=O) groups is 1. The normalized spacial score (nSPS) is 11.1. The molecule has 0 aliphatic rings. The van der Waals surface area contributed by atoms with Crippen molar-refractivity contribution >= 4 is 28.6 Å². The zero-order valence-corrected chi connectivity index (χ0v) is 14.8. The molecular formula is C17H20N4O2S. The van der Waals surface area contributed by atoms with Gasteiger partial charge in [-0.3, -0.25) is 4.79 Å². The average molecular weight is 344 g/mol. The maximum absolute atomic E-state index is 11.6. The van der Waals surface area contributed by atoms with Crippen LogP contribution in [0, 0.1) is 13.8 Å². The van der Waals surface area contributed by atoms with Crippen LogP contribution < -0.4 is 5.32 Å². The fraction of sp³-hybridized carbons (Fsp3) is 0.353. The van der Waals surface area contributed by atoms with E-state index in [4.69, 9.17) is 4.42 Å². The Morgan fingerprint density at radius 3 is 2.96 bits per heavy atom. The highest BCUT2D eigenvalue weighted by atomic mass is 32.2. The molecule has 0 radical (unpaired) electrons. The molecule has 2 aromatic heterocycles. The first-order chi connectivity index (χ1) is 11.6. The minimum atomic E-state index is -0.0264. The summed E-state index contributed by atoms with van der Waals surface area (Å²) >= 11 is 1.25. The van der Waals surface area contributed by atoms with Gasteiger partial charge < -0.3 is 14.7 Å². The van der Waals surface area contributed by atoms with E-state index in [1.807, 2.05) is 25.1 Å². The highest BCUT2D eigenvalue weighted by molar-refractivity contribution is 7.99. The van der Waals surface area contributed by atoms with Gasteiger partial charge in [0, 0.05) is 28.7 Å². The van der Waals surface area contributed by atoms with Crippen molar-refractivity contribution in [1.29, 1.82) is 0 Å². The van der Waals surface area contributed by atoms with Crippen LogP contribution in [0.5, 0.6) is 0 Å². The number of carbonyl (C=O) groups excluding carboxylic acids is 1. The number of H-pyrrole nitrogens is 1. The fourth-order valence-corrected chi connectivity index (χ4v) is 3.01. The summed E-state index contributed by atoms with van der Waals surface area (Å²) < 4.78 is 5.67. The molecule has 2 heterocycles. The molecule has 0 unspecified atom stereocenters. The summed E-state index contributed by atoms with van der Waals surface area (Å²) in [5, 5.41) is 12.5. The molecule has 0 saturated carbocycles. The number of amides is 1. The SMILES string of the molecule is CCCNC(=O)CSc1nnc(-c2ccc3[nH]c(C)c(C)c3c2)o1. The van der Waals surface area contributed by atoms with Gasteiger partial charge in [0.05, 0.1) is 5.75 Å². The summed E-state index contributed by atoms with van der Waals surface area (Å²) in [6.07, 6.45) is 0.918. The van der Waals surface area contributed by atoms with Crippen molar-refractivity contribution in [1.82, 2.24) is 20.5 Å². The predicted octanol–water partition coefficient (Wildman–Crippen LogP) is 3.45. The Bertz CT molecular complexity index is 869. The first-order valence-electron chi connectivity index (χ1n) is 7.90. The van der Waals surface area contributed by atoms with Crippen LogP contribution >= 0.6 is 11.8 Å². The third-order valence-electron chi connectivity index (χ3n) is 3.86. The van der Waals surface area contributed by atoms with Gasteiger partial charge in [-0.25, -0.2) is 0 Å². The molecule has 2 N–H and O–H groups in total. The molecule has 1 amide bonds. The van der Waals surface area contributed by atoms with Crippen LogP contribution in [-0.2, 0) is 4.79 Å². The molecule has 7 heteroatoms. The molecule has 0 spiro atoms. The van der Waals surface area contributed by atoms with Gasteiger partial charge in [-0.1, -0.05) is 18.7 Å². The van der Waals surface area contributed by atoms with E-state index in [9.17, 15) is 4.79 Å². The fourth-order valence-electron chi connectivity index (χ4n) is 2.42. The Hall–Kier alpha value is -2.28. The van der Waals surface area contributed by atoms with Gasteiger partial charge in [0.2, 0.25) is 11.8 Å². The number of hydrogen-bond donors (Lipinski definition) is 2. The van der Waals surface area contributed by atoms with E-state index in [0.717, 1.165) is 28.6 Å². The van der Waals surface area contributed by atoms with Crippen LogP contribution in [0.2, 0.25) is 0 Å². The van der Waals surface area contributed by atoms with Crippen molar-refractivity contribution in [3.05, 3.63) is 29.5 Å². The molecule has 0 aliphatic heterocycles. The van der Waals surface area contributed by atoms with Crippen LogP contribution in [-0.4, -0.2) is 33.4 Å². The molecule has 0 saturated heterocycles. The van der Waals surface area contributed by atoms with Crippen molar-refractivity contribution in [3.63, 3.8) is 0 Å². The molecule has 24 heavy (non-hydrogen) atoms. The summed E-state index contributed by atoms with van der Waals surface area (Å²) in [4.78, 5) is 15.0. The predicted molar refractivity (Wildman–Crippen MR) is 95.1 cm³/mol. The number of nitrogens with zero attached hydrogens (tertiary/aromatic N) is 2. The van der Waals surface area contributed by atoms with E-state index < -0.39 is 0 Å². The molecule has 0 aliphatic carbocycles. The summed E-state index contributed by atoms with van der Waals surface area (Å²) in [5.74, 6) is 0.713. The summed E-state index contributed by atoms with van der Waals surface area (Å²) in [5.41, 5.74) is 4.34. The lowest BCUT2D eigenvalue weighted by Crippen LogP contribution is -2.25. The Morgan fingerprint density at radius 2 is 2.17 bits per heavy atom. The maximum atomic E-state index is 11.6. The number of hydrogen-bond acceptors (Lipinski definition) is 5. The second-order valence-corrected chi connectivity index (χ2v) is 6.57. The van der Waals surface area contributed by atoms with E-state index in [1.165, 1.54) is 17.3 Å². The van der Waals surface area contributed by atoms with E-state index in [1.54, 1.807) is 0 Å². The third-order valence-corrected chi connectivity index (χ3v) is 4.68. The number of fused-ring (bicyclic) bond motifs is 1. The lowest BCUT2D eigenvalue weighted by molar-refractivity contribution is -0.118. The topological polar surface area (TPSA) is 83.8 Å². The number of thioether (sulfide) groups is 1. The minimum absolute atomic E-state index is 0.0264. The third kappa shape index (κ3) is 3.46. The smallest absolute Gasteiger partial charge is 0.277 e. The van der Waals surface area contributed by atoms with Crippen LogP contribution in [0.25, 0.3) is 22.4 Å². The molecule has 6 nitrogen and oxygen atoms in total. The maximum Gasteiger partial charge on any atom is 0.277 e. The van der Waals surface area contributed by atoms with Crippen molar-refractivity contribution in [3.8, 4) is 11.5 Å². The lowest BCUT2D eigenvalue weighted by Gasteiger charge is -2.00. The van der Waals surface area contributed by atoms with E-state index in [0.29, 0.717) is 17.7 Å². The second-order valence-electron chi connectivity index (χ2n) is 5.65. The van der Waals surface area contributed by atoms with Gasteiger partial charge >= 0.3 is 0 Å². The van der Waals surface area contributed by atoms with Crippen molar-refractivity contribution in [2.24, 2.45) is 0 Å². The summed E-state index contributed by atoms with van der Waals surface area (Å²) in [6.45, 7) is 6.84. The van der Waals surface area contributed by atoms with E-state index in [2.05, 4.69) is 34.3 Å². The lowest BCUT2D eigenvalue weighted by atomic mass is 10.1. The van der Waals surface area contributed by atoms with Crippen molar-refractivity contribution in [2.75, 3.05) is 12.3 Å². The molecule has 3 rings (SSSR count). The van der Waals surface area contributed by atoms with Crippen LogP contribution in [0.1, 0.15) is 24.6 Å². The van der Waals surface area contributed by atoms with Gasteiger partial charge in [0.15, 0.2) is 0 Å². The summed E-state index contributed by atoms with van der Waals surface area (Å²) in [7, 11) is 0. The standard InChI is InChI=1S/C17H20N4O2S/c1-4-7-18-15(22)9-24-17-21-20-16(23-17)12-5-6-14-13(8-12)10(2)11(3)19-14/h5-6,8,19H,4,7,9H2,1-3H3,(H,18,22). The number of aromatic nitrogens is 3. The first-order valence-corrected chi connectivity index (χ1v) is 8.89. The molecule has 0 bridgehead atoms. The Kier molecular flexibility index (Phi) is 4.89. The van der Waals surface area contributed by atoms with Gasteiger partial charge in [-0.05, 0) is 44.0 Å². The van der Waals surface area contributed by atoms with Crippen molar-refractivity contribution < 1.29 is 9.21 Å². The zero-order valence-electron chi connectivity index (χ0n) is 14.0. The van der Waals surface area contributed by atoms with Gasteiger partial charge in [0.1, 0.15) is 0 Å². The minimum Gasteiger partial charge on any atom is -0.411 e. The largest absolute Gasteiger partial charge is 0.411 e. The highest BCUT2D eigenvalue weighted by Gasteiger charge is 2.13. The number of benzene rings is 1. The van der Waals surface area contributed by atoms with Gasteiger partial charge in [-0.2, -0.15) is 0 Å². The Balaban J connectivity index is 1.73. The molecule has 0 atom stereocenters. The summed E-state index contributed by atoms with van der Waals surface area (Å²) in [6, 6.07) is 6.01. The highest BCUT2D eigenvalue weighted by Crippen LogP contribution is 2.28.